The van der Waals surface area contributed by atoms with Crippen LogP contribution in [0.5, 0.6) is 5.75 Å². The fourth-order valence-corrected chi connectivity index (χ4v) is 5.98. The fourth-order valence-electron chi connectivity index (χ4n) is 5.98. The molecule has 2 aromatic carbocycles. The predicted molar refractivity (Wildman–Crippen MR) is 147 cm³/mol. The molecule has 0 spiro atoms. The van der Waals surface area contributed by atoms with Crippen LogP contribution in [-0.4, -0.2) is 61.0 Å². The van der Waals surface area contributed by atoms with Gasteiger partial charge < -0.3 is 25.2 Å². The zero-order chi connectivity index (χ0) is 27.7. The Kier molecular flexibility index (Phi) is 8.04. The van der Waals surface area contributed by atoms with E-state index in [1.165, 1.54) is 0 Å². The first-order valence-corrected chi connectivity index (χ1v) is 13.4. The van der Waals surface area contributed by atoms with E-state index in [-0.39, 0.29) is 18.6 Å². The lowest BCUT2D eigenvalue weighted by Crippen LogP contribution is -2.63. The molecule has 2 aliphatic rings. The molecule has 0 unspecified atom stereocenters. The number of aliphatic hydroxyl groups excluding tert-OH is 1. The van der Waals surface area contributed by atoms with Gasteiger partial charge in [-0.2, -0.15) is 0 Å². The summed E-state index contributed by atoms with van der Waals surface area (Å²) in [5, 5.41) is 10.8. The number of anilines is 1. The summed E-state index contributed by atoms with van der Waals surface area (Å²) in [4.78, 5) is 29.6. The fraction of sp³-hybridized carbons (Fsp3) is 0.533. The van der Waals surface area contributed by atoms with E-state index in [2.05, 4.69) is 0 Å². The molecule has 0 bridgehead atoms. The van der Waals surface area contributed by atoms with Crippen molar-refractivity contribution in [1.29, 1.82) is 0 Å². The molecule has 2 amide bonds. The molecule has 4 rings (SSSR count). The van der Waals surface area contributed by atoms with Gasteiger partial charge in [0.1, 0.15) is 11.4 Å². The number of benzene rings is 2. The first-order valence-electron chi connectivity index (χ1n) is 13.4. The lowest BCUT2D eigenvalue weighted by atomic mass is 9.70. The third-order valence-corrected chi connectivity index (χ3v) is 7.87. The molecular weight excluding hydrogens is 482 g/mol. The Bertz CT molecular complexity index is 1160. The summed E-state index contributed by atoms with van der Waals surface area (Å²) >= 11 is 0. The van der Waals surface area contributed by atoms with Crippen molar-refractivity contribution in [1.82, 2.24) is 4.90 Å². The summed E-state index contributed by atoms with van der Waals surface area (Å²) in [6.07, 6.45) is 2.52. The second-order valence-corrected chi connectivity index (χ2v) is 11.4. The largest absolute Gasteiger partial charge is 0.496 e. The highest BCUT2D eigenvalue weighted by molar-refractivity contribution is 5.96. The number of hydrogen-bond acceptors (Lipinski definition) is 6. The highest BCUT2D eigenvalue weighted by Crippen LogP contribution is 2.47. The Morgan fingerprint density at radius 1 is 1.21 bits per heavy atom. The Balaban J connectivity index is 1.85. The van der Waals surface area contributed by atoms with Crippen LogP contribution < -0.4 is 15.4 Å². The average molecular weight is 524 g/mol. The minimum absolute atomic E-state index is 0.0559. The molecule has 1 saturated heterocycles. The van der Waals surface area contributed by atoms with Crippen LogP contribution in [0.4, 0.5) is 10.5 Å². The number of amides is 2. The number of nitrogens with two attached hydrogens (primary N) is 1. The molecule has 0 aromatic heterocycles. The second kappa shape index (κ2) is 10.9. The van der Waals surface area contributed by atoms with E-state index in [1.807, 2.05) is 63.2 Å². The standard InChI is InChI=1S/C30H41N3O5/c1-29(2,3)38-28(36)33-15-9-12-26(31)30(33,22-10-7-6-8-11-22)18-21(19-34)23-17-24-20(16-25(23)37-5)13-14-27(35)32(24)4/h6-8,10-11,16-17,21,26,34H,9,12-15,18-19,31H2,1-5H3/t21-,26-,30+/m0/s1. The first-order chi connectivity index (χ1) is 18.0. The Labute approximate surface area is 225 Å². The minimum atomic E-state index is -0.919. The van der Waals surface area contributed by atoms with Crippen LogP contribution in [0.2, 0.25) is 0 Å². The number of fused-ring (bicyclic) bond motifs is 1. The van der Waals surface area contributed by atoms with Crippen LogP contribution in [0.3, 0.4) is 0 Å². The molecule has 2 aromatic rings. The third kappa shape index (κ3) is 5.24. The van der Waals surface area contributed by atoms with Gasteiger partial charge in [0.25, 0.3) is 0 Å². The summed E-state index contributed by atoms with van der Waals surface area (Å²) in [5.74, 6) is 0.289. The van der Waals surface area contributed by atoms with Gasteiger partial charge in [0.15, 0.2) is 0 Å². The zero-order valence-corrected chi connectivity index (χ0v) is 23.2. The molecule has 206 valence electrons. The van der Waals surface area contributed by atoms with Gasteiger partial charge in [-0.3, -0.25) is 9.69 Å². The maximum absolute atomic E-state index is 13.7. The summed E-state index contributed by atoms with van der Waals surface area (Å²) in [6.45, 7) is 5.87. The highest BCUT2D eigenvalue weighted by atomic mass is 16.6. The van der Waals surface area contributed by atoms with Gasteiger partial charge >= 0.3 is 6.09 Å². The monoisotopic (exact) mass is 523 g/mol. The number of aryl methyl sites for hydroxylation is 1. The summed E-state index contributed by atoms with van der Waals surface area (Å²) < 4.78 is 11.7. The van der Waals surface area contributed by atoms with E-state index in [9.17, 15) is 14.7 Å². The van der Waals surface area contributed by atoms with Crippen molar-refractivity contribution in [2.75, 3.05) is 32.2 Å². The Morgan fingerprint density at radius 3 is 2.55 bits per heavy atom. The molecule has 3 N–H and O–H groups in total. The van der Waals surface area contributed by atoms with Gasteiger partial charge in [-0.05, 0) is 69.7 Å². The molecule has 2 aliphatic heterocycles. The van der Waals surface area contributed by atoms with E-state index >= 15 is 0 Å². The minimum Gasteiger partial charge on any atom is -0.496 e. The third-order valence-electron chi connectivity index (χ3n) is 7.87. The number of ether oxygens (including phenoxy) is 2. The van der Waals surface area contributed by atoms with Gasteiger partial charge in [-0.15, -0.1) is 0 Å². The van der Waals surface area contributed by atoms with Crippen molar-refractivity contribution in [2.24, 2.45) is 5.73 Å². The number of piperidine rings is 1. The van der Waals surface area contributed by atoms with Crippen molar-refractivity contribution in [3.63, 3.8) is 0 Å². The molecule has 0 saturated carbocycles. The first kappa shape index (κ1) is 27.9. The highest BCUT2D eigenvalue weighted by Gasteiger charge is 2.51. The van der Waals surface area contributed by atoms with Crippen molar-refractivity contribution in [2.45, 2.75) is 76.0 Å². The number of nitrogens with zero attached hydrogens (tertiary/aromatic N) is 2. The topological polar surface area (TPSA) is 105 Å². The molecule has 8 nitrogen and oxygen atoms in total. The molecule has 38 heavy (non-hydrogen) atoms. The molecule has 1 fully saturated rings. The Hall–Kier alpha value is -3.10. The quantitative estimate of drug-likeness (QED) is 0.584. The van der Waals surface area contributed by atoms with E-state index in [1.54, 1.807) is 24.0 Å². The number of carbonyl (C=O) groups excluding carboxylic acids is 2. The molecule has 0 radical (unpaired) electrons. The van der Waals surface area contributed by atoms with Crippen molar-refractivity contribution < 1.29 is 24.2 Å². The predicted octanol–water partition coefficient (Wildman–Crippen LogP) is 4.32. The van der Waals surface area contributed by atoms with Crippen LogP contribution in [0, 0.1) is 0 Å². The number of methoxy groups -OCH3 is 1. The van der Waals surface area contributed by atoms with Crippen LogP contribution in [0.25, 0.3) is 0 Å². The van der Waals surface area contributed by atoms with Crippen molar-refractivity contribution in [3.05, 3.63) is 59.2 Å². The SMILES string of the molecule is COc1cc2c(cc1[C@H](CO)C[C@@]1(c3ccccc3)[C@@H](N)CCCN1C(=O)OC(C)(C)C)N(C)C(=O)CC2. The van der Waals surface area contributed by atoms with Crippen LogP contribution in [-0.2, 0) is 21.5 Å². The lowest BCUT2D eigenvalue weighted by molar-refractivity contribution is -0.118. The second-order valence-electron chi connectivity index (χ2n) is 11.4. The average Bonchev–Trinajstić information content (AvgIpc) is 2.89. The van der Waals surface area contributed by atoms with Crippen LogP contribution >= 0.6 is 0 Å². The summed E-state index contributed by atoms with van der Waals surface area (Å²) in [6, 6.07) is 13.4. The molecular formula is C30H41N3O5. The molecule has 0 aliphatic carbocycles. The van der Waals surface area contributed by atoms with Crippen LogP contribution in [0.1, 0.15) is 69.1 Å². The lowest BCUT2D eigenvalue weighted by Gasteiger charge is -2.52. The zero-order valence-electron chi connectivity index (χ0n) is 23.2. The molecule has 2 heterocycles. The van der Waals surface area contributed by atoms with E-state index in [0.29, 0.717) is 31.6 Å². The van der Waals surface area contributed by atoms with Gasteiger partial charge in [0, 0.05) is 43.2 Å². The number of rotatable bonds is 6. The summed E-state index contributed by atoms with van der Waals surface area (Å²) in [5.41, 5.74) is 8.88. The normalized spacial score (nSPS) is 22.6. The van der Waals surface area contributed by atoms with Gasteiger partial charge in [-0.1, -0.05) is 30.3 Å². The van der Waals surface area contributed by atoms with Gasteiger partial charge in [0.2, 0.25) is 5.91 Å². The number of carbonyl (C=O) groups is 2. The number of aliphatic hydroxyl groups is 1. The van der Waals surface area contributed by atoms with Gasteiger partial charge in [0.05, 0.1) is 19.3 Å². The Morgan fingerprint density at radius 2 is 1.92 bits per heavy atom. The number of likely N-dealkylation sites (tertiary alicyclic amines) is 1. The van der Waals surface area contributed by atoms with E-state index < -0.39 is 23.2 Å². The van der Waals surface area contributed by atoms with E-state index in [0.717, 1.165) is 35.2 Å². The maximum Gasteiger partial charge on any atom is 0.411 e. The number of hydrogen-bond donors (Lipinski definition) is 2. The summed E-state index contributed by atoms with van der Waals surface area (Å²) in [7, 11) is 3.39. The smallest absolute Gasteiger partial charge is 0.411 e. The molecule has 3 atom stereocenters. The van der Waals surface area contributed by atoms with E-state index in [4.69, 9.17) is 15.2 Å². The van der Waals surface area contributed by atoms with Crippen molar-refractivity contribution >= 4 is 17.7 Å². The van der Waals surface area contributed by atoms with Gasteiger partial charge in [-0.25, -0.2) is 4.79 Å². The molecule has 8 heteroatoms. The maximum atomic E-state index is 13.7. The van der Waals surface area contributed by atoms with Crippen LogP contribution in [0.15, 0.2) is 42.5 Å². The van der Waals surface area contributed by atoms with Crippen molar-refractivity contribution in [3.8, 4) is 5.75 Å².